The topological polar surface area (TPSA) is 94.2 Å². The smallest absolute Gasteiger partial charge is 0.410 e. The SMILES string of the molecule is CCOC(=O)c1c(NC(=O)CCCSc2ccc(OC)cc2)sc2c1CCN(C(=O)OCC)C2. The van der Waals surface area contributed by atoms with E-state index in [1.807, 2.05) is 24.3 Å². The lowest BCUT2D eigenvalue weighted by Crippen LogP contribution is -2.36. The second kappa shape index (κ2) is 12.7. The summed E-state index contributed by atoms with van der Waals surface area (Å²) in [7, 11) is 1.63. The number of nitrogens with one attached hydrogen (secondary N) is 1. The van der Waals surface area contributed by atoms with Crippen molar-refractivity contribution < 1.29 is 28.6 Å². The van der Waals surface area contributed by atoms with Gasteiger partial charge < -0.3 is 24.4 Å². The number of carbonyl (C=O) groups is 3. The molecule has 0 saturated heterocycles. The minimum absolute atomic E-state index is 0.151. The Morgan fingerprint density at radius 2 is 1.85 bits per heavy atom. The van der Waals surface area contributed by atoms with E-state index in [9.17, 15) is 14.4 Å². The number of hydrogen-bond acceptors (Lipinski definition) is 8. The van der Waals surface area contributed by atoms with E-state index in [0.29, 0.717) is 49.5 Å². The Bertz CT molecular complexity index is 1010. The Labute approximate surface area is 207 Å². The molecule has 2 amide bonds. The van der Waals surface area contributed by atoms with Crippen molar-refractivity contribution in [2.24, 2.45) is 0 Å². The maximum atomic E-state index is 12.7. The Morgan fingerprint density at radius 3 is 2.53 bits per heavy atom. The van der Waals surface area contributed by atoms with Gasteiger partial charge in [0.05, 0.1) is 32.4 Å². The lowest BCUT2D eigenvalue weighted by molar-refractivity contribution is -0.116. The highest BCUT2D eigenvalue weighted by molar-refractivity contribution is 7.99. The molecule has 0 fully saturated rings. The van der Waals surface area contributed by atoms with Gasteiger partial charge in [-0.3, -0.25) is 4.79 Å². The lowest BCUT2D eigenvalue weighted by Gasteiger charge is -2.26. The zero-order chi connectivity index (χ0) is 24.5. The fraction of sp³-hybridized carbons (Fsp3) is 0.458. The highest BCUT2D eigenvalue weighted by Gasteiger charge is 2.31. The molecular formula is C24H30N2O6S2. The van der Waals surface area contributed by atoms with Crippen molar-refractivity contribution in [1.29, 1.82) is 0 Å². The van der Waals surface area contributed by atoms with Crippen LogP contribution in [0.1, 0.15) is 47.5 Å². The summed E-state index contributed by atoms with van der Waals surface area (Å²) in [6.07, 6.45) is 1.16. The first-order valence-corrected chi connectivity index (χ1v) is 13.1. The summed E-state index contributed by atoms with van der Waals surface area (Å²) >= 11 is 3.00. The molecule has 1 N–H and O–H groups in total. The molecule has 10 heteroatoms. The normalized spacial score (nSPS) is 12.6. The maximum Gasteiger partial charge on any atom is 0.410 e. The van der Waals surface area contributed by atoms with E-state index < -0.39 is 5.97 Å². The van der Waals surface area contributed by atoms with Crippen LogP contribution in [0, 0.1) is 0 Å². The number of fused-ring (bicyclic) bond motifs is 1. The van der Waals surface area contributed by atoms with Crippen molar-refractivity contribution in [3.8, 4) is 5.75 Å². The molecular weight excluding hydrogens is 476 g/mol. The average molecular weight is 507 g/mol. The molecule has 0 bridgehead atoms. The third kappa shape index (κ3) is 6.66. The summed E-state index contributed by atoms with van der Waals surface area (Å²) in [6, 6.07) is 7.80. The minimum Gasteiger partial charge on any atom is -0.497 e. The number of nitrogens with zero attached hydrogens (tertiary/aromatic N) is 1. The van der Waals surface area contributed by atoms with Gasteiger partial charge >= 0.3 is 12.1 Å². The number of amides is 2. The van der Waals surface area contributed by atoms with E-state index in [4.69, 9.17) is 14.2 Å². The quantitative estimate of drug-likeness (QED) is 0.277. The lowest BCUT2D eigenvalue weighted by atomic mass is 10.0. The van der Waals surface area contributed by atoms with E-state index in [1.54, 1.807) is 37.6 Å². The molecule has 1 aliphatic rings. The maximum absolute atomic E-state index is 12.7. The van der Waals surface area contributed by atoms with Crippen LogP contribution in [-0.4, -0.2) is 55.5 Å². The number of ether oxygens (including phenoxy) is 3. The standard InChI is InChI=1S/C24H30N2O6S2/c1-4-31-23(28)21-18-12-13-26(24(29)32-5-2)15-19(18)34-22(21)25-20(27)7-6-14-33-17-10-8-16(30-3)9-11-17/h8-11H,4-7,12-15H2,1-3H3,(H,25,27). The molecule has 2 aromatic rings. The third-order valence-electron chi connectivity index (χ3n) is 5.19. The first-order valence-electron chi connectivity index (χ1n) is 11.3. The Balaban J connectivity index is 1.61. The van der Waals surface area contributed by atoms with Crippen LogP contribution in [0.25, 0.3) is 0 Å². The number of anilines is 1. The predicted octanol–water partition coefficient (Wildman–Crippen LogP) is 4.96. The number of methoxy groups -OCH3 is 1. The summed E-state index contributed by atoms with van der Waals surface area (Å²) in [5.74, 6) is 1.00. The van der Waals surface area contributed by atoms with E-state index in [0.717, 1.165) is 26.8 Å². The minimum atomic E-state index is -0.449. The van der Waals surface area contributed by atoms with Crippen LogP contribution in [0.2, 0.25) is 0 Å². The third-order valence-corrected chi connectivity index (χ3v) is 7.42. The van der Waals surface area contributed by atoms with Gasteiger partial charge in [-0.2, -0.15) is 0 Å². The van der Waals surface area contributed by atoms with Crippen LogP contribution in [-0.2, 0) is 27.2 Å². The van der Waals surface area contributed by atoms with Gasteiger partial charge in [-0.05, 0) is 62.3 Å². The van der Waals surface area contributed by atoms with Gasteiger partial charge in [-0.25, -0.2) is 9.59 Å². The molecule has 0 unspecified atom stereocenters. The van der Waals surface area contributed by atoms with E-state index >= 15 is 0 Å². The molecule has 3 rings (SSSR count). The molecule has 184 valence electrons. The summed E-state index contributed by atoms with van der Waals surface area (Å²) in [5, 5.41) is 3.40. The molecule has 2 heterocycles. The molecule has 0 radical (unpaired) electrons. The van der Waals surface area contributed by atoms with E-state index in [2.05, 4.69) is 5.32 Å². The number of carbonyl (C=O) groups excluding carboxylic acids is 3. The zero-order valence-electron chi connectivity index (χ0n) is 19.7. The highest BCUT2D eigenvalue weighted by atomic mass is 32.2. The van der Waals surface area contributed by atoms with Crippen molar-refractivity contribution in [3.05, 3.63) is 40.3 Å². The molecule has 0 spiro atoms. The number of thioether (sulfide) groups is 1. The fourth-order valence-corrected chi connectivity index (χ4v) is 5.69. The summed E-state index contributed by atoms with van der Waals surface area (Å²) < 4.78 is 15.5. The van der Waals surface area contributed by atoms with Gasteiger partial charge in [0, 0.05) is 22.7 Å². The summed E-state index contributed by atoms with van der Waals surface area (Å²) in [4.78, 5) is 41.0. The zero-order valence-corrected chi connectivity index (χ0v) is 21.3. The molecule has 1 aromatic carbocycles. The van der Waals surface area contributed by atoms with Crippen LogP contribution in [0.15, 0.2) is 29.2 Å². The molecule has 0 saturated carbocycles. The fourth-order valence-electron chi connectivity index (χ4n) is 3.57. The first kappa shape index (κ1) is 25.9. The molecule has 0 aliphatic carbocycles. The van der Waals surface area contributed by atoms with Crippen molar-refractivity contribution in [2.45, 2.75) is 44.6 Å². The second-order valence-electron chi connectivity index (χ2n) is 7.47. The van der Waals surface area contributed by atoms with Crippen LogP contribution < -0.4 is 10.1 Å². The van der Waals surface area contributed by atoms with Gasteiger partial charge in [0.15, 0.2) is 0 Å². The Hall–Kier alpha value is -2.72. The van der Waals surface area contributed by atoms with Crippen molar-refractivity contribution in [1.82, 2.24) is 4.90 Å². The van der Waals surface area contributed by atoms with E-state index in [1.165, 1.54) is 11.3 Å². The average Bonchev–Trinajstić information content (AvgIpc) is 3.19. The number of benzene rings is 1. The molecule has 0 atom stereocenters. The summed E-state index contributed by atoms with van der Waals surface area (Å²) in [6.45, 7) is 4.86. The van der Waals surface area contributed by atoms with Gasteiger partial charge in [-0.1, -0.05) is 0 Å². The number of esters is 1. The van der Waals surface area contributed by atoms with Crippen molar-refractivity contribution in [3.63, 3.8) is 0 Å². The van der Waals surface area contributed by atoms with Crippen LogP contribution >= 0.6 is 23.1 Å². The molecule has 34 heavy (non-hydrogen) atoms. The van der Waals surface area contributed by atoms with Gasteiger partial charge in [-0.15, -0.1) is 23.1 Å². The summed E-state index contributed by atoms with van der Waals surface area (Å²) in [5.41, 5.74) is 1.25. The van der Waals surface area contributed by atoms with Crippen LogP contribution in [0.3, 0.4) is 0 Å². The number of hydrogen-bond donors (Lipinski definition) is 1. The Morgan fingerprint density at radius 1 is 1.12 bits per heavy atom. The largest absolute Gasteiger partial charge is 0.497 e. The van der Waals surface area contributed by atoms with Crippen molar-refractivity contribution in [2.75, 3.05) is 37.9 Å². The van der Waals surface area contributed by atoms with Crippen LogP contribution in [0.5, 0.6) is 5.75 Å². The van der Waals surface area contributed by atoms with E-state index in [-0.39, 0.29) is 18.6 Å². The second-order valence-corrected chi connectivity index (χ2v) is 9.75. The number of rotatable bonds is 10. The molecule has 1 aliphatic heterocycles. The molecule has 8 nitrogen and oxygen atoms in total. The highest BCUT2D eigenvalue weighted by Crippen LogP contribution is 2.38. The number of thiophene rings is 1. The van der Waals surface area contributed by atoms with Gasteiger partial charge in [0.25, 0.3) is 0 Å². The van der Waals surface area contributed by atoms with Gasteiger partial charge in [0.2, 0.25) is 5.91 Å². The molecule has 1 aromatic heterocycles. The Kier molecular flexibility index (Phi) is 9.64. The van der Waals surface area contributed by atoms with Crippen LogP contribution in [0.4, 0.5) is 9.80 Å². The predicted molar refractivity (Wildman–Crippen MR) is 133 cm³/mol. The monoisotopic (exact) mass is 506 g/mol. The first-order chi connectivity index (χ1) is 16.5. The van der Waals surface area contributed by atoms with Gasteiger partial charge in [0.1, 0.15) is 10.8 Å². The van der Waals surface area contributed by atoms with Crippen molar-refractivity contribution >= 4 is 46.1 Å².